The van der Waals surface area contributed by atoms with Crippen LogP contribution in [0.3, 0.4) is 0 Å². The highest BCUT2D eigenvalue weighted by Gasteiger charge is 2.14. The average Bonchev–Trinajstić information content (AvgIpc) is 2.32. The molecule has 5 heteroatoms. The monoisotopic (exact) mass is 250 g/mol. The maximum Gasteiger partial charge on any atom is 0.409 e. The summed E-state index contributed by atoms with van der Waals surface area (Å²) in [4.78, 5) is 24.4. The van der Waals surface area contributed by atoms with Gasteiger partial charge in [0.05, 0.1) is 6.42 Å². The minimum Gasteiger partial charge on any atom is -0.410 e. The van der Waals surface area contributed by atoms with E-state index in [1.807, 2.05) is 13.8 Å². The largest absolute Gasteiger partial charge is 0.410 e. The van der Waals surface area contributed by atoms with Crippen molar-refractivity contribution in [3.63, 3.8) is 0 Å². The number of likely N-dealkylation sites (N-methyl/N-ethyl adjacent to an activating group) is 1. The van der Waals surface area contributed by atoms with Gasteiger partial charge in [-0.1, -0.05) is 18.2 Å². The van der Waals surface area contributed by atoms with Crippen LogP contribution in [0.4, 0.5) is 4.79 Å². The number of rotatable bonds is 5. The molecule has 0 heterocycles. The Balaban J connectivity index is 2.83. The molecule has 0 aliphatic carbocycles. The van der Waals surface area contributed by atoms with Gasteiger partial charge in [0.1, 0.15) is 5.75 Å². The van der Waals surface area contributed by atoms with Gasteiger partial charge in [0.25, 0.3) is 0 Å². The summed E-state index contributed by atoms with van der Waals surface area (Å²) in [6.07, 6.45) is -0.678. The molecule has 0 aliphatic rings. The highest BCUT2D eigenvalue weighted by molar-refractivity contribution is 5.80. The first kappa shape index (κ1) is 14.0. The second kappa shape index (κ2) is 6.64. The molecule has 0 fully saturated rings. The van der Waals surface area contributed by atoms with Gasteiger partial charge in [0, 0.05) is 18.7 Å². The molecule has 98 valence electrons. The minimum absolute atomic E-state index is 0.000482. The summed E-state index contributed by atoms with van der Waals surface area (Å²) in [5, 5.41) is 0. The second-order valence-corrected chi connectivity index (χ2v) is 3.77. The zero-order valence-electron chi connectivity index (χ0n) is 10.7. The van der Waals surface area contributed by atoms with Crippen molar-refractivity contribution in [2.75, 3.05) is 13.1 Å². The van der Waals surface area contributed by atoms with E-state index in [4.69, 9.17) is 10.5 Å². The van der Waals surface area contributed by atoms with Crippen LogP contribution >= 0.6 is 0 Å². The van der Waals surface area contributed by atoms with E-state index in [1.54, 1.807) is 29.2 Å². The van der Waals surface area contributed by atoms with Crippen LogP contribution < -0.4 is 10.5 Å². The SMILES string of the molecule is CCN(CC)C(=O)Cc1ccccc1OC(N)=O. The third-order valence-corrected chi connectivity index (χ3v) is 2.64. The molecular weight excluding hydrogens is 232 g/mol. The lowest BCUT2D eigenvalue weighted by atomic mass is 10.1. The van der Waals surface area contributed by atoms with Gasteiger partial charge in [-0.05, 0) is 19.9 Å². The van der Waals surface area contributed by atoms with E-state index in [1.165, 1.54) is 0 Å². The Morgan fingerprint density at radius 1 is 1.22 bits per heavy atom. The van der Waals surface area contributed by atoms with E-state index >= 15 is 0 Å². The van der Waals surface area contributed by atoms with E-state index in [0.29, 0.717) is 24.4 Å². The van der Waals surface area contributed by atoms with Crippen molar-refractivity contribution >= 4 is 12.0 Å². The molecule has 18 heavy (non-hydrogen) atoms. The second-order valence-electron chi connectivity index (χ2n) is 3.77. The number of carbonyl (C=O) groups excluding carboxylic acids is 2. The lowest BCUT2D eigenvalue weighted by molar-refractivity contribution is -0.130. The molecule has 0 spiro atoms. The van der Waals surface area contributed by atoms with Crippen molar-refractivity contribution in [3.05, 3.63) is 29.8 Å². The van der Waals surface area contributed by atoms with Gasteiger partial charge in [-0.2, -0.15) is 0 Å². The molecule has 0 radical (unpaired) electrons. The van der Waals surface area contributed by atoms with Crippen molar-refractivity contribution in [2.24, 2.45) is 5.73 Å². The van der Waals surface area contributed by atoms with Crippen molar-refractivity contribution in [1.29, 1.82) is 0 Å². The molecule has 0 saturated heterocycles. The predicted octanol–water partition coefficient (Wildman–Crippen LogP) is 1.55. The smallest absolute Gasteiger partial charge is 0.409 e. The molecule has 0 atom stereocenters. The fraction of sp³-hybridized carbons (Fsp3) is 0.385. The lowest BCUT2D eigenvalue weighted by Crippen LogP contribution is -2.32. The number of primary amides is 1. The van der Waals surface area contributed by atoms with Crippen LogP contribution in [0.15, 0.2) is 24.3 Å². The number of hydrogen-bond acceptors (Lipinski definition) is 3. The van der Waals surface area contributed by atoms with Gasteiger partial charge in [0.15, 0.2) is 0 Å². The molecule has 1 aromatic rings. The van der Waals surface area contributed by atoms with E-state index < -0.39 is 6.09 Å². The first-order valence-corrected chi connectivity index (χ1v) is 5.91. The van der Waals surface area contributed by atoms with Crippen molar-refractivity contribution in [3.8, 4) is 5.75 Å². The van der Waals surface area contributed by atoms with Crippen LogP contribution in [0.2, 0.25) is 0 Å². The number of ether oxygens (including phenoxy) is 1. The lowest BCUT2D eigenvalue weighted by Gasteiger charge is -2.19. The molecule has 5 nitrogen and oxygen atoms in total. The van der Waals surface area contributed by atoms with Crippen LogP contribution in [-0.4, -0.2) is 30.0 Å². The number of para-hydroxylation sites is 1. The van der Waals surface area contributed by atoms with E-state index in [2.05, 4.69) is 0 Å². The Morgan fingerprint density at radius 3 is 2.39 bits per heavy atom. The number of carbonyl (C=O) groups is 2. The Hall–Kier alpha value is -2.04. The summed E-state index contributed by atoms with van der Waals surface area (Å²) in [5.41, 5.74) is 5.64. The quantitative estimate of drug-likeness (QED) is 0.861. The Labute approximate surface area is 107 Å². The van der Waals surface area contributed by atoms with Crippen molar-refractivity contribution in [1.82, 2.24) is 4.90 Å². The standard InChI is InChI=1S/C13H18N2O3/c1-3-15(4-2)12(16)9-10-7-5-6-8-11(10)18-13(14)17/h5-8H,3-4,9H2,1-2H3,(H2,14,17). The first-order valence-electron chi connectivity index (χ1n) is 5.91. The molecule has 0 bridgehead atoms. The highest BCUT2D eigenvalue weighted by atomic mass is 16.5. The molecule has 0 aliphatic heterocycles. The third kappa shape index (κ3) is 3.76. The Morgan fingerprint density at radius 2 is 1.83 bits per heavy atom. The number of nitrogens with zero attached hydrogens (tertiary/aromatic N) is 1. The van der Waals surface area contributed by atoms with Gasteiger partial charge in [0.2, 0.25) is 5.91 Å². The van der Waals surface area contributed by atoms with Gasteiger partial charge >= 0.3 is 6.09 Å². The normalized spacial score (nSPS) is 9.89. The summed E-state index contributed by atoms with van der Waals surface area (Å²) >= 11 is 0. The number of hydrogen-bond donors (Lipinski definition) is 1. The summed E-state index contributed by atoms with van der Waals surface area (Å²) in [7, 11) is 0. The van der Waals surface area contributed by atoms with Crippen molar-refractivity contribution in [2.45, 2.75) is 20.3 Å². The first-order chi connectivity index (χ1) is 8.58. The van der Waals surface area contributed by atoms with E-state index in [-0.39, 0.29) is 12.3 Å². The fourth-order valence-corrected chi connectivity index (χ4v) is 1.71. The van der Waals surface area contributed by atoms with Crippen LogP contribution in [-0.2, 0) is 11.2 Å². The fourth-order valence-electron chi connectivity index (χ4n) is 1.71. The molecule has 0 unspecified atom stereocenters. The third-order valence-electron chi connectivity index (χ3n) is 2.64. The summed E-state index contributed by atoms with van der Waals surface area (Å²) in [6, 6.07) is 6.89. The van der Waals surface area contributed by atoms with E-state index in [9.17, 15) is 9.59 Å². The van der Waals surface area contributed by atoms with E-state index in [0.717, 1.165) is 0 Å². The molecular formula is C13H18N2O3. The maximum atomic E-state index is 12.0. The predicted molar refractivity (Wildman–Crippen MR) is 68.3 cm³/mol. The van der Waals surface area contributed by atoms with Gasteiger partial charge in [-0.15, -0.1) is 0 Å². The zero-order valence-corrected chi connectivity index (χ0v) is 10.7. The summed E-state index contributed by atoms with van der Waals surface area (Å²) < 4.78 is 4.86. The van der Waals surface area contributed by atoms with Crippen molar-refractivity contribution < 1.29 is 14.3 Å². The summed E-state index contributed by atoms with van der Waals surface area (Å²) in [5.74, 6) is 0.339. The highest BCUT2D eigenvalue weighted by Crippen LogP contribution is 2.19. The molecule has 1 aromatic carbocycles. The minimum atomic E-state index is -0.877. The van der Waals surface area contributed by atoms with Gasteiger partial charge in [-0.3, -0.25) is 4.79 Å². The van der Waals surface area contributed by atoms with Crippen LogP contribution in [0, 0.1) is 0 Å². The topological polar surface area (TPSA) is 72.6 Å². The van der Waals surface area contributed by atoms with Gasteiger partial charge in [-0.25, -0.2) is 4.79 Å². The average molecular weight is 250 g/mol. The molecule has 0 aromatic heterocycles. The van der Waals surface area contributed by atoms with Crippen LogP contribution in [0.25, 0.3) is 0 Å². The molecule has 1 rings (SSSR count). The Kier molecular flexibility index (Phi) is 5.17. The van der Waals surface area contributed by atoms with Crippen LogP contribution in [0.5, 0.6) is 5.75 Å². The number of nitrogens with two attached hydrogens (primary N) is 1. The zero-order chi connectivity index (χ0) is 13.5. The molecule has 2 amide bonds. The Bertz CT molecular complexity index is 428. The van der Waals surface area contributed by atoms with Gasteiger partial charge < -0.3 is 15.4 Å². The molecule has 2 N–H and O–H groups in total. The summed E-state index contributed by atoms with van der Waals surface area (Å²) in [6.45, 7) is 5.17. The van der Waals surface area contributed by atoms with Crippen LogP contribution in [0.1, 0.15) is 19.4 Å². The number of amides is 2. The number of benzene rings is 1. The molecule has 0 saturated carbocycles. The maximum absolute atomic E-state index is 12.0.